The number of carboxylic acids is 1. The Balaban J connectivity index is 2.18. The summed E-state index contributed by atoms with van der Waals surface area (Å²) in [4.78, 5) is 13.0. The van der Waals surface area contributed by atoms with Crippen molar-refractivity contribution >= 4 is 5.97 Å². The van der Waals surface area contributed by atoms with Crippen molar-refractivity contribution in [2.75, 3.05) is 6.54 Å². The Kier molecular flexibility index (Phi) is 3.48. The fourth-order valence-corrected chi connectivity index (χ4v) is 2.38. The molecule has 1 unspecified atom stereocenters. The van der Waals surface area contributed by atoms with E-state index in [0.29, 0.717) is 6.04 Å². The molecule has 2 rings (SSSR count). The summed E-state index contributed by atoms with van der Waals surface area (Å²) in [6.45, 7) is 4.32. The van der Waals surface area contributed by atoms with Crippen LogP contribution < -0.4 is 0 Å². The maximum atomic E-state index is 10.9. The van der Waals surface area contributed by atoms with Gasteiger partial charge in [-0.2, -0.15) is 0 Å². The van der Waals surface area contributed by atoms with E-state index in [-0.39, 0.29) is 12.6 Å². The van der Waals surface area contributed by atoms with Crippen LogP contribution >= 0.6 is 0 Å². The lowest BCUT2D eigenvalue weighted by atomic mass is 10.0. The fraction of sp³-hybridized carbons (Fsp3) is 0.500. The smallest absolute Gasteiger partial charge is 0.317 e. The first-order chi connectivity index (χ1) is 8.09. The lowest BCUT2D eigenvalue weighted by Gasteiger charge is -2.28. The monoisotopic (exact) mass is 233 g/mol. The first-order valence-corrected chi connectivity index (χ1v) is 6.12. The standard InChI is InChI=1S/C14H19NO2/c1-10-5-3-4-6-13(10)11(2)15(9-14(16)17)12-7-8-12/h3-6,11-12H,7-9H2,1-2H3,(H,16,17). The Morgan fingerprint density at radius 2 is 2.12 bits per heavy atom. The molecule has 0 aromatic heterocycles. The van der Waals surface area contributed by atoms with Gasteiger partial charge in [-0.1, -0.05) is 24.3 Å². The number of benzene rings is 1. The largest absolute Gasteiger partial charge is 0.480 e. The van der Waals surface area contributed by atoms with E-state index < -0.39 is 5.97 Å². The van der Waals surface area contributed by atoms with E-state index in [1.54, 1.807) is 0 Å². The summed E-state index contributed by atoms with van der Waals surface area (Å²) in [5.74, 6) is -0.739. The maximum absolute atomic E-state index is 10.9. The molecule has 0 saturated heterocycles. The van der Waals surface area contributed by atoms with Crippen molar-refractivity contribution in [3.63, 3.8) is 0 Å². The highest BCUT2D eigenvalue weighted by Gasteiger charge is 2.34. The van der Waals surface area contributed by atoms with Gasteiger partial charge >= 0.3 is 5.97 Å². The molecule has 1 aliphatic carbocycles. The zero-order valence-electron chi connectivity index (χ0n) is 10.4. The van der Waals surface area contributed by atoms with Crippen LogP contribution in [0.5, 0.6) is 0 Å². The van der Waals surface area contributed by atoms with E-state index in [1.807, 2.05) is 12.1 Å². The zero-order valence-corrected chi connectivity index (χ0v) is 10.4. The fourth-order valence-electron chi connectivity index (χ4n) is 2.38. The Morgan fingerprint density at radius 3 is 2.65 bits per heavy atom. The van der Waals surface area contributed by atoms with Crippen molar-refractivity contribution < 1.29 is 9.90 Å². The second-order valence-corrected chi connectivity index (χ2v) is 4.83. The minimum absolute atomic E-state index is 0.139. The van der Waals surface area contributed by atoms with Gasteiger partial charge in [0.25, 0.3) is 0 Å². The van der Waals surface area contributed by atoms with Crippen molar-refractivity contribution in [1.82, 2.24) is 4.90 Å². The number of rotatable bonds is 5. The molecule has 1 aromatic rings. The number of carboxylic acid groups (broad SMARTS) is 1. The Hall–Kier alpha value is -1.35. The van der Waals surface area contributed by atoms with Gasteiger partial charge < -0.3 is 5.11 Å². The molecule has 0 aliphatic heterocycles. The van der Waals surface area contributed by atoms with Crippen LogP contribution in [0, 0.1) is 6.92 Å². The maximum Gasteiger partial charge on any atom is 0.317 e. The summed E-state index contributed by atoms with van der Waals surface area (Å²) in [5, 5.41) is 8.98. The number of aliphatic carboxylic acids is 1. The van der Waals surface area contributed by atoms with E-state index in [2.05, 4.69) is 30.9 Å². The molecular weight excluding hydrogens is 214 g/mol. The van der Waals surface area contributed by atoms with Crippen LogP contribution in [0.3, 0.4) is 0 Å². The number of aryl methyl sites for hydroxylation is 1. The topological polar surface area (TPSA) is 40.5 Å². The minimum Gasteiger partial charge on any atom is -0.480 e. The molecule has 0 bridgehead atoms. The highest BCUT2D eigenvalue weighted by molar-refractivity contribution is 5.69. The Morgan fingerprint density at radius 1 is 1.47 bits per heavy atom. The van der Waals surface area contributed by atoms with Crippen LogP contribution in [0.2, 0.25) is 0 Å². The Bertz CT molecular complexity index is 412. The van der Waals surface area contributed by atoms with Crippen molar-refractivity contribution in [3.8, 4) is 0 Å². The average molecular weight is 233 g/mol. The van der Waals surface area contributed by atoms with E-state index in [1.165, 1.54) is 11.1 Å². The lowest BCUT2D eigenvalue weighted by Crippen LogP contribution is -2.34. The van der Waals surface area contributed by atoms with Crippen molar-refractivity contribution in [2.24, 2.45) is 0 Å². The molecule has 3 nitrogen and oxygen atoms in total. The molecule has 1 aromatic carbocycles. The summed E-state index contributed by atoms with van der Waals surface area (Å²) in [6, 6.07) is 8.85. The van der Waals surface area contributed by atoms with Crippen LogP contribution in [0.4, 0.5) is 0 Å². The molecule has 17 heavy (non-hydrogen) atoms. The van der Waals surface area contributed by atoms with Crippen LogP contribution in [-0.4, -0.2) is 28.6 Å². The van der Waals surface area contributed by atoms with Gasteiger partial charge in [-0.05, 0) is 37.8 Å². The molecule has 1 atom stereocenters. The van der Waals surface area contributed by atoms with Crippen LogP contribution in [-0.2, 0) is 4.79 Å². The number of hydrogen-bond donors (Lipinski definition) is 1. The summed E-state index contributed by atoms with van der Waals surface area (Å²) >= 11 is 0. The highest BCUT2D eigenvalue weighted by Crippen LogP contribution is 2.34. The van der Waals surface area contributed by atoms with Crippen molar-refractivity contribution in [1.29, 1.82) is 0 Å². The molecule has 0 spiro atoms. The second-order valence-electron chi connectivity index (χ2n) is 4.83. The molecule has 1 aliphatic rings. The van der Waals surface area contributed by atoms with Crippen LogP contribution in [0.25, 0.3) is 0 Å². The number of carbonyl (C=O) groups is 1. The van der Waals surface area contributed by atoms with E-state index in [4.69, 9.17) is 5.11 Å². The summed E-state index contributed by atoms with van der Waals surface area (Å²) in [5.41, 5.74) is 2.47. The third kappa shape index (κ3) is 2.86. The SMILES string of the molecule is Cc1ccccc1C(C)N(CC(=O)O)C1CC1. The summed E-state index contributed by atoms with van der Waals surface area (Å²) < 4.78 is 0. The van der Waals surface area contributed by atoms with Gasteiger partial charge in [0, 0.05) is 12.1 Å². The normalized spacial score (nSPS) is 17.1. The van der Waals surface area contributed by atoms with Gasteiger partial charge in [0.15, 0.2) is 0 Å². The van der Waals surface area contributed by atoms with Crippen molar-refractivity contribution in [3.05, 3.63) is 35.4 Å². The molecule has 0 radical (unpaired) electrons. The molecule has 1 saturated carbocycles. The third-order valence-electron chi connectivity index (χ3n) is 3.47. The molecule has 0 amide bonds. The number of nitrogens with zero attached hydrogens (tertiary/aromatic N) is 1. The minimum atomic E-state index is -0.739. The second kappa shape index (κ2) is 4.88. The molecule has 1 N–H and O–H groups in total. The Labute approximate surface area is 102 Å². The van der Waals surface area contributed by atoms with Crippen LogP contribution in [0.15, 0.2) is 24.3 Å². The van der Waals surface area contributed by atoms with Gasteiger partial charge in [0.1, 0.15) is 0 Å². The predicted molar refractivity (Wildman–Crippen MR) is 67.0 cm³/mol. The zero-order chi connectivity index (χ0) is 12.4. The molecular formula is C14H19NO2. The first-order valence-electron chi connectivity index (χ1n) is 6.12. The highest BCUT2D eigenvalue weighted by atomic mass is 16.4. The number of hydrogen-bond acceptors (Lipinski definition) is 2. The third-order valence-corrected chi connectivity index (χ3v) is 3.47. The van der Waals surface area contributed by atoms with Gasteiger partial charge in [0.05, 0.1) is 6.54 Å². The molecule has 92 valence electrons. The molecule has 3 heteroatoms. The van der Waals surface area contributed by atoms with Gasteiger partial charge in [-0.15, -0.1) is 0 Å². The van der Waals surface area contributed by atoms with E-state index >= 15 is 0 Å². The quantitative estimate of drug-likeness (QED) is 0.849. The summed E-state index contributed by atoms with van der Waals surface area (Å²) in [7, 11) is 0. The van der Waals surface area contributed by atoms with E-state index in [0.717, 1.165) is 12.8 Å². The summed E-state index contributed by atoms with van der Waals surface area (Å²) in [6.07, 6.45) is 2.26. The van der Waals surface area contributed by atoms with Gasteiger partial charge in [-0.25, -0.2) is 0 Å². The predicted octanol–water partition coefficient (Wildman–Crippen LogP) is 2.61. The average Bonchev–Trinajstić information content (AvgIpc) is 3.09. The van der Waals surface area contributed by atoms with Gasteiger partial charge in [0.2, 0.25) is 0 Å². The molecule has 1 fully saturated rings. The molecule has 0 heterocycles. The van der Waals surface area contributed by atoms with Gasteiger partial charge in [-0.3, -0.25) is 9.69 Å². The van der Waals surface area contributed by atoms with E-state index in [9.17, 15) is 4.79 Å². The first kappa shape index (κ1) is 12.1. The van der Waals surface area contributed by atoms with Crippen molar-refractivity contribution in [2.45, 2.75) is 38.8 Å². The lowest BCUT2D eigenvalue weighted by molar-refractivity contribution is -0.139. The van der Waals surface area contributed by atoms with Crippen LogP contribution in [0.1, 0.15) is 36.9 Å².